The highest BCUT2D eigenvalue weighted by molar-refractivity contribution is 7.22. The van der Waals surface area contributed by atoms with Crippen LogP contribution in [0.5, 0.6) is 0 Å². The molecule has 1 aliphatic rings. The molecule has 0 spiro atoms. The minimum atomic E-state index is -0.449. The third-order valence-corrected chi connectivity index (χ3v) is 6.08. The second-order valence-electron chi connectivity index (χ2n) is 7.09. The van der Waals surface area contributed by atoms with E-state index in [-0.39, 0.29) is 11.6 Å². The fourth-order valence-electron chi connectivity index (χ4n) is 3.34. The Kier molecular flexibility index (Phi) is 6.66. The van der Waals surface area contributed by atoms with Crippen LogP contribution >= 0.6 is 11.3 Å². The molecule has 1 fully saturated rings. The SMILES string of the molecule is O=C(/C=C/c1cccc([N+](=O)[O-])c1)N(CCN1CCOCC1)c1nc2ccccc2s1. The lowest BCUT2D eigenvalue weighted by atomic mass is 10.2. The number of amides is 1. The number of para-hydroxylation sites is 1. The number of aromatic nitrogens is 1. The van der Waals surface area contributed by atoms with Crippen molar-refractivity contribution in [1.82, 2.24) is 9.88 Å². The summed E-state index contributed by atoms with van der Waals surface area (Å²) in [6.07, 6.45) is 3.05. The van der Waals surface area contributed by atoms with Gasteiger partial charge in [0, 0.05) is 44.4 Å². The highest BCUT2D eigenvalue weighted by Gasteiger charge is 2.20. The van der Waals surface area contributed by atoms with Crippen molar-refractivity contribution in [3.05, 3.63) is 70.3 Å². The number of rotatable bonds is 7. The number of hydrogen-bond donors (Lipinski definition) is 0. The van der Waals surface area contributed by atoms with Crippen molar-refractivity contribution < 1.29 is 14.5 Å². The first-order valence-electron chi connectivity index (χ1n) is 10.00. The standard InChI is InChI=1S/C22H22N4O4S/c27-21(9-8-17-4-3-5-18(16-17)26(28)29)25(11-10-24-12-14-30-15-13-24)22-23-19-6-1-2-7-20(19)31-22/h1-9,16H,10-15H2/b9-8+. The van der Waals surface area contributed by atoms with E-state index in [0.29, 0.717) is 30.5 Å². The van der Waals surface area contributed by atoms with Crippen LogP contribution in [0.2, 0.25) is 0 Å². The topological polar surface area (TPSA) is 88.8 Å². The zero-order valence-corrected chi connectivity index (χ0v) is 17.7. The zero-order chi connectivity index (χ0) is 21.6. The summed E-state index contributed by atoms with van der Waals surface area (Å²) in [4.78, 5) is 32.2. The smallest absolute Gasteiger partial charge is 0.270 e. The number of ether oxygens (including phenoxy) is 1. The molecule has 3 aromatic rings. The molecule has 4 rings (SSSR count). The number of nitro groups is 1. The lowest BCUT2D eigenvalue weighted by molar-refractivity contribution is -0.384. The Morgan fingerprint density at radius 1 is 1.23 bits per heavy atom. The van der Waals surface area contributed by atoms with E-state index in [1.54, 1.807) is 23.1 Å². The largest absolute Gasteiger partial charge is 0.379 e. The zero-order valence-electron chi connectivity index (χ0n) is 16.8. The maximum absolute atomic E-state index is 13.1. The summed E-state index contributed by atoms with van der Waals surface area (Å²) in [6, 6.07) is 14.0. The van der Waals surface area contributed by atoms with Gasteiger partial charge in [-0.1, -0.05) is 35.6 Å². The molecule has 1 amide bonds. The summed E-state index contributed by atoms with van der Waals surface area (Å²) in [7, 11) is 0. The Morgan fingerprint density at radius 2 is 2.03 bits per heavy atom. The number of anilines is 1. The van der Waals surface area contributed by atoms with Gasteiger partial charge >= 0.3 is 0 Å². The van der Waals surface area contributed by atoms with Crippen LogP contribution in [-0.4, -0.2) is 60.1 Å². The maximum atomic E-state index is 13.1. The van der Waals surface area contributed by atoms with Gasteiger partial charge in [0.2, 0.25) is 0 Å². The van der Waals surface area contributed by atoms with Gasteiger partial charge in [-0.2, -0.15) is 0 Å². The number of nitrogens with zero attached hydrogens (tertiary/aromatic N) is 4. The molecule has 0 atom stereocenters. The molecule has 8 nitrogen and oxygen atoms in total. The van der Waals surface area contributed by atoms with Crippen molar-refractivity contribution in [3.8, 4) is 0 Å². The highest BCUT2D eigenvalue weighted by Crippen LogP contribution is 2.29. The van der Waals surface area contributed by atoms with Gasteiger partial charge in [-0.05, 0) is 23.8 Å². The minimum Gasteiger partial charge on any atom is -0.379 e. The molecule has 160 valence electrons. The number of hydrogen-bond acceptors (Lipinski definition) is 7. The Bertz CT molecular complexity index is 1070. The minimum absolute atomic E-state index is 0.00931. The van der Waals surface area contributed by atoms with Crippen LogP contribution in [-0.2, 0) is 9.53 Å². The molecular formula is C22H22N4O4S. The molecule has 2 aromatic carbocycles. The van der Waals surface area contributed by atoms with Gasteiger partial charge in [0.05, 0.1) is 28.4 Å². The van der Waals surface area contributed by atoms with E-state index < -0.39 is 4.92 Å². The normalized spacial score (nSPS) is 14.8. The quantitative estimate of drug-likeness (QED) is 0.318. The second kappa shape index (κ2) is 9.78. The fraction of sp³-hybridized carbons (Fsp3) is 0.273. The number of carbonyl (C=O) groups is 1. The van der Waals surface area contributed by atoms with Crippen LogP contribution in [0.15, 0.2) is 54.6 Å². The van der Waals surface area contributed by atoms with Crippen molar-refractivity contribution in [3.63, 3.8) is 0 Å². The molecule has 0 bridgehead atoms. The predicted molar refractivity (Wildman–Crippen MR) is 121 cm³/mol. The molecule has 0 N–H and O–H groups in total. The molecular weight excluding hydrogens is 416 g/mol. The van der Waals surface area contributed by atoms with Crippen LogP contribution in [0, 0.1) is 10.1 Å². The molecule has 0 aliphatic carbocycles. The number of thiazole rings is 1. The molecule has 1 saturated heterocycles. The molecule has 0 saturated carbocycles. The third-order valence-electron chi connectivity index (χ3n) is 5.02. The first-order valence-corrected chi connectivity index (χ1v) is 10.8. The summed E-state index contributed by atoms with van der Waals surface area (Å²) in [5.74, 6) is -0.209. The lowest BCUT2D eigenvalue weighted by Gasteiger charge is -2.28. The molecule has 0 unspecified atom stereocenters. The Balaban J connectivity index is 1.55. The van der Waals surface area contributed by atoms with E-state index in [1.807, 2.05) is 24.3 Å². The maximum Gasteiger partial charge on any atom is 0.270 e. The first kappa shape index (κ1) is 21.1. The second-order valence-corrected chi connectivity index (χ2v) is 8.10. The fourth-order valence-corrected chi connectivity index (χ4v) is 4.34. The summed E-state index contributed by atoms with van der Waals surface area (Å²) in [5.41, 5.74) is 1.44. The van der Waals surface area contributed by atoms with Gasteiger partial charge in [-0.25, -0.2) is 4.98 Å². The number of carbonyl (C=O) groups excluding carboxylic acids is 1. The van der Waals surface area contributed by atoms with Gasteiger partial charge < -0.3 is 4.74 Å². The van der Waals surface area contributed by atoms with Gasteiger partial charge in [-0.3, -0.25) is 24.7 Å². The van der Waals surface area contributed by atoms with Gasteiger partial charge in [-0.15, -0.1) is 0 Å². The summed E-state index contributed by atoms with van der Waals surface area (Å²) in [5, 5.41) is 11.6. The van der Waals surface area contributed by atoms with Crippen LogP contribution in [0.4, 0.5) is 10.8 Å². The number of morpholine rings is 1. The Labute approximate surface area is 183 Å². The van der Waals surface area contributed by atoms with E-state index in [1.165, 1.54) is 29.5 Å². The average molecular weight is 439 g/mol. The monoisotopic (exact) mass is 438 g/mol. The number of nitro benzene ring substituents is 1. The summed E-state index contributed by atoms with van der Waals surface area (Å²) < 4.78 is 6.42. The van der Waals surface area contributed by atoms with Crippen LogP contribution in [0.3, 0.4) is 0 Å². The highest BCUT2D eigenvalue weighted by atomic mass is 32.1. The van der Waals surface area contributed by atoms with E-state index in [4.69, 9.17) is 4.74 Å². The number of benzene rings is 2. The predicted octanol–water partition coefficient (Wildman–Crippen LogP) is 3.58. The van der Waals surface area contributed by atoms with Crippen molar-refractivity contribution in [2.75, 3.05) is 44.3 Å². The Hall–Kier alpha value is -3.14. The van der Waals surface area contributed by atoms with Gasteiger partial charge in [0.15, 0.2) is 5.13 Å². The lowest BCUT2D eigenvalue weighted by Crippen LogP contribution is -2.42. The van der Waals surface area contributed by atoms with Crippen molar-refractivity contribution in [2.24, 2.45) is 0 Å². The van der Waals surface area contributed by atoms with Crippen LogP contribution < -0.4 is 4.90 Å². The molecule has 2 heterocycles. The van der Waals surface area contributed by atoms with Crippen LogP contribution in [0.1, 0.15) is 5.56 Å². The van der Waals surface area contributed by atoms with E-state index in [2.05, 4.69) is 9.88 Å². The summed E-state index contributed by atoms with van der Waals surface area (Å²) >= 11 is 1.48. The molecule has 31 heavy (non-hydrogen) atoms. The first-order chi connectivity index (χ1) is 15.1. The van der Waals surface area contributed by atoms with Crippen molar-refractivity contribution >= 4 is 44.4 Å². The summed E-state index contributed by atoms with van der Waals surface area (Å²) in [6.45, 7) is 4.29. The van der Waals surface area contributed by atoms with E-state index in [0.717, 1.165) is 29.9 Å². The van der Waals surface area contributed by atoms with Crippen molar-refractivity contribution in [2.45, 2.75) is 0 Å². The van der Waals surface area contributed by atoms with Crippen LogP contribution in [0.25, 0.3) is 16.3 Å². The Morgan fingerprint density at radius 3 is 2.81 bits per heavy atom. The molecule has 1 aliphatic heterocycles. The van der Waals surface area contributed by atoms with E-state index in [9.17, 15) is 14.9 Å². The molecule has 9 heteroatoms. The third kappa shape index (κ3) is 5.32. The average Bonchev–Trinajstić information content (AvgIpc) is 3.22. The van der Waals surface area contributed by atoms with Crippen molar-refractivity contribution in [1.29, 1.82) is 0 Å². The molecule has 1 aromatic heterocycles. The van der Waals surface area contributed by atoms with Gasteiger partial charge in [0.25, 0.3) is 11.6 Å². The number of fused-ring (bicyclic) bond motifs is 1. The van der Waals surface area contributed by atoms with Gasteiger partial charge in [0.1, 0.15) is 0 Å². The molecule has 0 radical (unpaired) electrons. The number of non-ortho nitro benzene ring substituents is 1. The van der Waals surface area contributed by atoms with E-state index >= 15 is 0 Å².